The van der Waals surface area contributed by atoms with Crippen molar-refractivity contribution in [3.8, 4) is 22.7 Å². The van der Waals surface area contributed by atoms with Crippen molar-refractivity contribution in [3.05, 3.63) is 59.8 Å². The van der Waals surface area contributed by atoms with Crippen LogP contribution in [0.15, 0.2) is 53.4 Å². The molecule has 0 saturated heterocycles. The van der Waals surface area contributed by atoms with E-state index in [0.29, 0.717) is 10.5 Å². The number of methoxy groups -OCH3 is 1. The van der Waals surface area contributed by atoms with E-state index in [1.54, 1.807) is 30.0 Å². The second-order valence-corrected chi connectivity index (χ2v) is 6.59. The number of aliphatic hydroxyl groups excluding tert-OH is 1. The van der Waals surface area contributed by atoms with Gasteiger partial charge in [0.05, 0.1) is 35.7 Å². The van der Waals surface area contributed by atoms with E-state index in [-0.39, 0.29) is 6.61 Å². The van der Waals surface area contributed by atoms with Crippen LogP contribution in [0.2, 0.25) is 0 Å². The van der Waals surface area contributed by atoms with Gasteiger partial charge in [-0.1, -0.05) is 0 Å². The van der Waals surface area contributed by atoms with Gasteiger partial charge in [0, 0.05) is 5.56 Å². The highest BCUT2D eigenvalue weighted by Crippen LogP contribution is 2.27. The third kappa shape index (κ3) is 3.48. The number of aromatic nitrogens is 2. The average Bonchev–Trinajstić information content (AvgIpc) is 3.02. The highest BCUT2D eigenvalue weighted by Gasteiger charge is 2.13. The lowest BCUT2D eigenvalue weighted by molar-refractivity contribution is 0.278. The van der Waals surface area contributed by atoms with Gasteiger partial charge in [0.25, 0.3) is 0 Å². The molecule has 0 saturated carbocycles. The van der Waals surface area contributed by atoms with E-state index in [0.717, 1.165) is 28.4 Å². The summed E-state index contributed by atoms with van der Waals surface area (Å²) in [5.41, 5.74) is 4.04. The SMILES string of the molecule is COc1ccc(-c2cc(C)nn2-c2ccc(S(N)=O)c(CO)c2)cc1. The van der Waals surface area contributed by atoms with Gasteiger partial charge in [-0.25, -0.2) is 14.0 Å². The first-order valence-electron chi connectivity index (χ1n) is 7.65. The molecule has 0 amide bonds. The smallest absolute Gasteiger partial charge is 0.122 e. The summed E-state index contributed by atoms with van der Waals surface area (Å²) in [6, 6.07) is 14.9. The Morgan fingerprint density at radius 3 is 2.52 bits per heavy atom. The third-order valence-corrected chi connectivity index (χ3v) is 4.72. The highest BCUT2D eigenvalue weighted by molar-refractivity contribution is 7.82. The van der Waals surface area contributed by atoms with E-state index in [1.807, 2.05) is 37.3 Å². The number of nitrogens with zero attached hydrogens (tertiary/aromatic N) is 2. The van der Waals surface area contributed by atoms with Crippen LogP contribution in [-0.2, 0) is 17.6 Å². The maximum absolute atomic E-state index is 11.6. The molecule has 0 aliphatic carbocycles. The van der Waals surface area contributed by atoms with Crippen LogP contribution in [-0.4, -0.2) is 26.2 Å². The molecule has 1 heterocycles. The van der Waals surface area contributed by atoms with Gasteiger partial charge in [0.2, 0.25) is 0 Å². The zero-order valence-electron chi connectivity index (χ0n) is 14.0. The Balaban J connectivity index is 2.10. The predicted molar refractivity (Wildman–Crippen MR) is 96.8 cm³/mol. The Hall–Kier alpha value is -2.48. The van der Waals surface area contributed by atoms with Crippen LogP contribution in [0.4, 0.5) is 0 Å². The fourth-order valence-corrected chi connectivity index (χ4v) is 3.27. The van der Waals surface area contributed by atoms with Gasteiger partial charge in [-0.15, -0.1) is 0 Å². The van der Waals surface area contributed by atoms with Crippen LogP contribution in [0.5, 0.6) is 5.75 Å². The zero-order chi connectivity index (χ0) is 18.0. The fourth-order valence-electron chi connectivity index (χ4n) is 2.68. The topological polar surface area (TPSA) is 90.4 Å². The molecule has 25 heavy (non-hydrogen) atoms. The Morgan fingerprint density at radius 1 is 1.20 bits per heavy atom. The lowest BCUT2D eigenvalue weighted by atomic mass is 10.1. The van der Waals surface area contributed by atoms with Gasteiger partial charge in [-0.05, 0) is 61.0 Å². The number of hydrogen-bond acceptors (Lipinski definition) is 4. The molecule has 1 atom stereocenters. The number of nitrogens with two attached hydrogens (primary N) is 1. The molecule has 0 bridgehead atoms. The van der Waals surface area contributed by atoms with Crippen molar-refractivity contribution < 1.29 is 14.1 Å². The molecular weight excluding hydrogens is 338 g/mol. The van der Waals surface area contributed by atoms with Crippen LogP contribution in [0.25, 0.3) is 16.9 Å². The maximum atomic E-state index is 11.6. The molecule has 2 aromatic carbocycles. The minimum absolute atomic E-state index is 0.246. The molecule has 3 aromatic rings. The van der Waals surface area contributed by atoms with Crippen molar-refractivity contribution in [2.45, 2.75) is 18.4 Å². The maximum Gasteiger partial charge on any atom is 0.122 e. The third-order valence-electron chi connectivity index (χ3n) is 3.89. The zero-order valence-corrected chi connectivity index (χ0v) is 14.8. The summed E-state index contributed by atoms with van der Waals surface area (Å²) in [5.74, 6) is 0.781. The molecular formula is C18H19N3O3S. The second-order valence-electron chi connectivity index (χ2n) is 5.56. The van der Waals surface area contributed by atoms with E-state index < -0.39 is 11.0 Å². The molecule has 3 N–H and O–H groups in total. The van der Waals surface area contributed by atoms with Crippen molar-refractivity contribution in [1.29, 1.82) is 0 Å². The molecule has 3 rings (SSSR count). The first-order chi connectivity index (χ1) is 12.0. The summed E-state index contributed by atoms with van der Waals surface area (Å²) in [6.07, 6.45) is 0. The standard InChI is InChI=1S/C18H19N3O3S/c1-12-9-17(13-3-6-16(24-2)7-4-13)21(20-12)15-5-8-18(25(19)23)14(10-15)11-22/h3-10,22H,11,19H2,1-2H3. The molecule has 0 aliphatic rings. The number of rotatable bonds is 5. The Kier molecular flexibility index (Phi) is 4.98. The predicted octanol–water partition coefficient (Wildman–Crippen LogP) is 2.33. The highest BCUT2D eigenvalue weighted by atomic mass is 32.2. The summed E-state index contributed by atoms with van der Waals surface area (Å²) in [7, 11) is -0.0208. The minimum atomic E-state index is -1.65. The van der Waals surface area contributed by atoms with Crippen molar-refractivity contribution in [3.63, 3.8) is 0 Å². The largest absolute Gasteiger partial charge is 0.497 e. The lowest BCUT2D eigenvalue weighted by Gasteiger charge is -2.11. The lowest BCUT2D eigenvalue weighted by Crippen LogP contribution is -2.08. The van der Waals surface area contributed by atoms with Crippen LogP contribution in [0.3, 0.4) is 0 Å². The summed E-state index contributed by atoms with van der Waals surface area (Å²) < 4.78 is 18.6. The number of hydrogen-bond donors (Lipinski definition) is 2. The fraction of sp³-hybridized carbons (Fsp3) is 0.167. The molecule has 130 valence electrons. The quantitative estimate of drug-likeness (QED) is 0.733. The molecule has 0 fully saturated rings. The van der Waals surface area contributed by atoms with Gasteiger partial charge >= 0.3 is 0 Å². The van der Waals surface area contributed by atoms with E-state index in [1.165, 1.54) is 0 Å². The van der Waals surface area contributed by atoms with E-state index in [4.69, 9.17) is 9.88 Å². The Labute approximate surface area is 148 Å². The summed E-state index contributed by atoms with van der Waals surface area (Å²) in [4.78, 5) is 0.418. The number of ether oxygens (including phenoxy) is 1. The van der Waals surface area contributed by atoms with Gasteiger partial charge in [-0.2, -0.15) is 5.10 Å². The molecule has 0 aliphatic heterocycles. The Bertz CT molecular complexity index is 920. The molecule has 1 unspecified atom stereocenters. The molecule has 0 spiro atoms. The minimum Gasteiger partial charge on any atom is -0.497 e. The van der Waals surface area contributed by atoms with E-state index in [9.17, 15) is 9.32 Å². The second kappa shape index (κ2) is 7.18. The van der Waals surface area contributed by atoms with E-state index >= 15 is 0 Å². The van der Waals surface area contributed by atoms with Crippen molar-refractivity contribution in [2.75, 3.05) is 7.11 Å². The van der Waals surface area contributed by atoms with Gasteiger partial charge < -0.3 is 9.84 Å². The van der Waals surface area contributed by atoms with Gasteiger partial charge in [0.15, 0.2) is 0 Å². The average molecular weight is 357 g/mol. The van der Waals surface area contributed by atoms with Gasteiger partial charge in [-0.3, -0.25) is 0 Å². The van der Waals surface area contributed by atoms with Crippen LogP contribution in [0, 0.1) is 6.92 Å². The summed E-state index contributed by atoms with van der Waals surface area (Å²) >= 11 is 0. The normalized spacial score (nSPS) is 12.2. The van der Waals surface area contributed by atoms with E-state index in [2.05, 4.69) is 5.10 Å². The molecule has 6 nitrogen and oxygen atoms in total. The number of benzene rings is 2. The van der Waals surface area contributed by atoms with Crippen molar-refractivity contribution in [1.82, 2.24) is 9.78 Å². The van der Waals surface area contributed by atoms with Gasteiger partial charge in [0.1, 0.15) is 16.7 Å². The summed E-state index contributed by atoms with van der Waals surface area (Å²) in [5, 5.41) is 19.6. The van der Waals surface area contributed by atoms with Crippen molar-refractivity contribution >= 4 is 11.0 Å². The monoisotopic (exact) mass is 357 g/mol. The van der Waals surface area contributed by atoms with Crippen LogP contribution in [0.1, 0.15) is 11.3 Å². The van der Waals surface area contributed by atoms with Crippen LogP contribution >= 0.6 is 0 Å². The molecule has 7 heteroatoms. The Morgan fingerprint density at radius 2 is 1.92 bits per heavy atom. The first kappa shape index (κ1) is 17.3. The van der Waals surface area contributed by atoms with Crippen molar-refractivity contribution in [2.24, 2.45) is 5.14 Å². The first-order valence-corrected chi connectivity index (χ1v) is 8.86. The molecule has 0 radical (unpaired) electrons. The number of aryl methyl sites for hydroxylation is 1. The van der Waals surface area contributed by atoms with Crippen LogP contribution < -0.4 is 9.88 Å². The molecule has 1 aromatic heterocycles. The number of aliphatic hydroxyl groups is 1. The summed E-state index contributed by atoms with van der Waals surface area (Å²) in [6.45, 7) is 1.67.